The Labute approximate surface area is 106 Å². The molecule has 0 saturated carbocycles. The Balaban J connectivity index is 3.25. The van der Waals surface area contributed by atoms with E-state index < -0.39 is 6.61 Å². The molecule has 88 valence electrons. The van der Waals surface area contributed by atoms with E-state index in [4.69, 9.17) is 0 Å². The highest BCUT2D eigenvalue weighted by Crippen LogP contribution is 2.28. The quantitative estimate of drug-likeness (QED) is 0.618. The second-order valence-corrected chi connectivity index (χ2v) is 4.32. The summed E-state index contributed by atoms with van der Waals surface area (Å²) >= 11 is 1.84. The predicted molar refractivity (Wildman–Crippen MR) is 65.2 cm³/mol. The monoisotopic (exact) mass is 340 g/mol. The van der Waals surface area contributed by atoms with Crippen molar-refractivity contribution in [3.8, 4) is 5.75 Å². The number of aryl methyl sites for hydroxylation is 1. The Morgan fingerprint density at radius 2 is 2.12 bits per heavy atom. The fourth-order valence-electron chi connectivity index (χ4n) is 1.30. The molecule has 2 nitrogen and oxygen atoms in total. The molecular formula is C11H11F2IO2. The molecule has 0 heterocycles. The summed E-state index contributed by atoms with van der Waals surface area (Å²) in [7, 11) is 0. The zero-order chi connectivity index (χ0) is 12.3. The van der Waals surface area contributed by atoms with Gasteiger partial charge in [0.1, 0.15) is 5.75 Å². The fourth-order valence-corrected chi connectivity index (χ4v) is 2.12. The lowest BCUT2D eigenvalue weighted by atomic mass is 10.1. The van der Waals surface area contributed by atoms with Gasteiger partial charge in [-0.2, -0.15) is 8.78 Å². The number of ether oxygens (including phenoxy) is 1. The first-order valence-electron chi connectivity index (χ1n) is 4.73. The molecule has 0 saturated heterocycles. The summed E-state index contributed by atoms with van der Waals surface area (Å²) in [5, 5.41) is 0. The van der Waals surface area contributed by atoms with Gasteiger partial charge in [0, 0.05) is 5.56 Å². The fraction of sp³-hybridized carbons (Fsp3) is 0.364. The van der Waals surface area contributed by atoms with Crippen LogP contribution >= 0.6 is 22.6 Å². The van der Waals surface area contributed by atoms with Crippen LogP contribution in [0.3, 0.4) is 0 Å². The van der Waals surface area contributed by atoms with Gasteiger partial charge in [0.05, 0.1) is 3.57 Å². The van der Waals surface area contributed by atoms with Crippen LogP contribution in [-0.4, -0.2) is 12.4 Å². The second kappa shape index (κ2) is 5.56. The lowest BCUT2D eigenvalue weighted by molar-refractivity contribution is -0.0505. The third-order valence-corrected chi connectivity index (χ3v) is 3.22. The molecule has 0 aliphatic rings. The van der Waals surface area contributed by atoms with E-state index in [0.29, 0.717) is 15.6 Å². The second-order valence-electron chi connectivity index (χ2n) is 3.24. The minimum atomic E-state index is -2.87. The molecule has 1 aromatic rings. The van der Waals surface area contributed by atoms with E-state index in [1.54, 1.807) is 12.1 Å². The van der Waals surface area contributed by atoms with Crippen molar-refractivity contribution < 1.29 is 18.3 Å². The highest BCUT2D eigenvalue weighted by molar-refractivity contribution is 14.1. The normalized spacial score (nSPS) is 10.6. The Morgan fingerprint density at radius 1 is 1.50 bits per heavy atom. The number of halogens is 3. The number of alkyl halides is 2. The largest absolute Gasteiger partial charge is 0.434 e. The number of Topliss-reactive ketones (excluding diaryl/α,β-unsaturated/α-hetero) is 1. The van der Waals surface area contributed by atoms with E-state index in [9.17, 15) is 13.6 Å². The lowest BCUT2D eigenvalue weighted by Crippen LogP contribution is -2.07. The molecule has 0 unspecified atom stereocenters. The summed E-state index contributed by atoms with van der Waals surface area (Å²) in [4.78, 5) is 11.3. The number of rotatable bonds is 4. The van der Waals surface area contributed by atoms with Crippen LogP contribution in [0.25, 0.3) is 0 Å². The molecule has 1 rings (SSSR count). The molecule has 0 aliphatic carbocycles. The number of benzene rings is 1. The van der Waals surface area contributed by atoms with Gasteiger partial charge in [0.15, 0.2) is 5.78 Å². The van der Waals surface area contributed by atoms with Crippen molar-refractivity contribution in [1.82, 2.24) is 0 Å². The van der Waals surface area contributed by atoms with Crippen LogP contribution in [0.5, 0.6) is 5.75 Å². The van der Waals surface area contributed by atoms with Crippen LogP contribution in [0.4, 0.5) is 8.78 Å². The van der Waals surface area contributed by atoms with E-state index in [2.05, 4.69) is 4.74 Å². The zero-order valence-electron chi connectivity index (χ0n) is 8.89. The maximum absolute atomic E-state index is 12.2. The van der Waals surface area contributed by atoms with E-state index in [1.807, 2.05) is 29.5 Å². The topological polar surface area (TPSA) is 26.3 Å². The molecule has 16 heavy (non-hydrogen) atoms. The molecule has 0 spiro atoms. The summed E-state index contributed by atoms with van der Waals surface area (Å²) < 4.78 is 29.1. The number of carbonyl (C=O) groups is 1. The van der Waals surface area contributed by atoms with Crippen molar-refractivity contribution in [2.24, 2.45) is 0 Å². The van der Waals surface area contributed by atoms with Crippen molar-refractivity contribution >= 4 is 28.4 Å². The summed E-state index contributed by atoms with van der Waals surface area (Å²) in [5.41, 5.74) is 1.23. The number of carbonyl (C=O) groups excluding carboxylic acids is 1. The highest BCUT2D eigenvalue weighted by Gasteiger charge is 2.15. The van der Waals surface area contributed by atoms with E-state index in [1.165, 1.54) is 6.92 Å². The Morgan fingerprint density at radius 3 is 2.56 bits per heavy atom. The Kier molecular flexibility index (Phi) is 4.64. The van der Waals surface area contributed by atoms with Gasteiger partial charge in [0.25, 0.3) is 0 Å². The van der Waals surface area contributed by atoms with Crippen molar-refractivity contribution in [3.63, 3.8) is 0 Å². The van der Waals surface area contributed by atoms with Crippen LogP contribution < -0.4 is 4.74 Å². The number of hydrogen-bond acceptors (Lipinski definition) is 2. The van der Waals surface area contributed by atoms with Gasteiger partial charge < -0.3 is 4.74 Å². The molecule has 0 aliphatic heterocycles. The third-order valence-electron chi connectivity index (χ3n) is 2.10. The maximum Gasteiger partial charge on any atom is 0.387 e. The molecule has 0 aromatic heterocycles. The van der Waals surface area contributed by atoms with Crippen LogP contribution in [-0.2, 0) is 6.42 Å². The molecule has 0 N–H and O–H groups in total. The smallest absolute Gasteiger partial charge is 0.387 e. The van der Waals surface area contributed by atoms with Crippen LogP contribution in [0, 0.1) is 3.57 Å². The Hall–Kier alpha value is -0.720. The van der Waals surface area contributed by atoms with Gasteiger partial charge in [0.2, 0.25) is 0 Å². The molecule has 0 radical (unpaired) electrons. The molecule has 0 fully saturated rings. The van der Waals surface area contributed by atoms with Gasteiger partial charge in [-0.15, -0.1) is 0 Å². The zero-order valence-corrected chi connectivity index (χ0v) is 11.0. The molecule has 5 heteroatoms. The molecule has 0 bridgehead atoms. The summed E-state index contributed by atoms with van der Waals surface area (Å²) in [6.07, 6.45) is 0.663. The molecule has 0 atom stereocenters. The van der Waals surface area contributed by atoms with Crippen molar-refractivity contribution in [1.29, 1.82) is 0 Å². The Bertz CT molecular complexity index is 405. The average molecular weight is 340 g/mol. The third kappa shape index (κ3) is 3.13. The van der Waals surface area contributed by atoms with Crippen molar-refractivity contribution in [2.45, 2.75) is 26.9 Å². The van der Waals surface area contributed by atoms with Gasteiger partial charge in [-0.3, -0.25) is 4.79 Å². The molecule has 0 amide bonds. The molecule has 1 aromatic carbocycles. The SMILES string of the molecule is CCc1cc(OC(F)F)c(I)c(C(C)=O)c1. The summed E-state index contributed by atoms with van der Waals surface area (Å²) in [5.74, 6) is -0.0843. The van der Waals surface area contributed by atoms with Crippen LogP contribution in [0.2, 0.25) is 0 Å². The molecular weight excluding hydrogens is 329 g/mol. The first-order valence-corrected chi connectivity index (χ1v) is 5.81. The average Bonchev–Trinajstić information content (AvgIpc) is 2.19. The van der Waals surface area contributed by atoms with Gasteiger partial charge in [-0.1, -0.05) is 6.92 Å². The number of hydrogen-bond donors (Lipinski definition) is 0. The van der Waals surface area contributed by atoms with Gasteiger partial charge in [-0.25, -0.2) is 0 Å². The highest BCUT2D eigenvalue weighted by atomic mass is 127. The summed E-state index contributed by atoms with van der Waals surface area (Å²) in [6.45, 7) is 0.418. The van der Waals surface area contributed by atoms with Crippen molar-refractivity contribution in [3.05, 3.63) is 26.8 Å². The van der Waals surface area contributed by atoms with Gasteiger partial charge >= 0.3 is 6.61 Å². The first-order chi connectivity index (χ1) is 7.45. The predicted octanol–water partition coefficient (Wildman–Crippen LogP) is 3.66. The summed E-state index contributed by atoms with van der Waals surface area (Å²) in [6, 6.07) is 3.25. The minimum Gasteiger partial charge on any atom is -0.434 e. The maximum atomic E-state index is 12.2. The lowest BCUT2D eigenvalue weighted by Gasteiger charge is -2.11. The van der Waals surface area contributed by atoms with E-state index in [-0.39, 0.29) is 11.5 Å². The van der Waals surface area contributed by atoms with Crippen LogP contribution in [0.1, 0.15) is 29.8 Å². The minimum absolute atomic E-state index is 0.0696. The van der Waals surface area contributed by atoms with E-state index in [0.717, 1.165) is 5.56 Å². The first kappa shape index (κ1) is 13.3. The van der Waals surface area contributed by atoms with Crippen molar-refractivity contribution in [2.75, 3.05) is 0 Å². The van der Waals surface area contributed by atoms with Gasteiger partial charge in [-0.05, 0) is 53.6 Å². The van der Waals surface area contributed by atoms with E-state index >= 15 is 0 Å². The standard InChI is InChI=1S/C11H11F2IO2/c1-3-7-4-8(6(2)15)10(14)9(5-7)16-11(12)13/h4-5,11H,3H2,1-2H3. The number of ketones is 1. The van der Waals surface area contributed by atoms with Crippen LogP contribution in [0.15, 0.2) is 12.1 Å².